The maximum Gasteiger partial charge on any atom is 0.191 e. The molecule has 2 N–H and O–H groups in total. The normalized spacial score (nSPS) is 21.3. The second kappa shape index (κ2) is 8.91. The van der Waals surface area contributed by atoms with Crippen molar-refractivity contribution in [2.24, 2.45) is 4.99 Å². The molecule has 5 heteroatoms. The van der Waals surface area contributed by atoms with Crippen LogP contribution >= 0.6 is 11.6 Å². The van der Waals surface area contributed by atoms with Crippen molar-refractivity contribution in [1.82, 2.24) is 10.6 Å². The number of benzene rings is 1. The minimum atomic E-state index is -0.0331. The molecule has 1 aromatic rings. The molecular formula is C20H30ClN3O. The average Bonchev–Trinajstić information content (AvgIpc) is 3.14. The van der Waals surface area contributed by atoms with Crippen molar-refractivity contribution in [1.29, 1.82) is 0 Å². The zero-order chi connectivity index (χ0) is 17.5. The summed E-state index contributed by atoms with van der Waals surface area (Å²) in [7, 11) is 0. The van der Waals surface area contributed by atoms with E-state index in [1.165, 1.54) is 31.2 Å². The van der Waals surface area contributed by atoms with Crippen molar-refractivity contribution in [2.75, 3.05) is 26.3 Å². The first-order valence-electron chi connectivity index (χ1n) is 9.61. The minimum absolute atomic E-state index is 0.0331. The molecule has 0 radical (unpaired) electrons. The van der Waals surface area contributed by atoms with Crippen LogP contribution in [0, 0.1) is 0 Å². The highest BCUT2D eigenvalue weighted by Gasteiger charge is 2.36. The number of guanidine groups is 1. The Morgan fingerprint density at radius 1 is 1.24 bits per heavy atom. The van der Waals surface area contributed by atoms with E-state index in [0.717, 1.165) is 50.1 Å². The lowest BCUT2D eigenvalue weighted by molar-refractivity contribution is 0.0531. The zero-order valence-electron chi connectivity index (χ0n) is 15.2. The van der Waals surface area contributed by atoms with Gasteiger partial charge in [0, 0.05) is 36.2 Å². The molecule has 0 amide bonds. The van der Waals surface area contributed by atoms with Gasteiger partial charge in [-0.15, -0.1) is 0 Å². The fourth-order valence-corrected chi connectivity index (χ4v) is 4.32. The molecule has 0 atom stereocenters. The lowest BCUT2D eigenvalue weighted by atomic mass is 9.74. The molecule has 1 heterocycles. The van der Waals surface area contributed by atoms with Crippen LogP contribution in [0.2, 0.25) is 5.02 Å². The van der Waals surface area contributed by atoms with Gasteiger partial charge in [0.05, 0.1) is 6.54 Å². The second-order valence-electron chi connectivity index (χ2n) is 7.19. The lowest BCUT2D eigenvalue weighted by Gasteiger charge is -2.37. The van der Waals surface area contributed by atoms with Crippen molar-refractivity contribution >= 4 is 17.6 Å². The van der Waals surface area contributed by atoms with Crippen LogP contribution in [0.15, 0.2) is 29.3 Å². The Morgan fingerprint density at radius 2 is 1.96 bits per heavy atom. The van der Waals surface area contributed by atoms with E-state index in [9.17, 15) is 0 Å². The monoisotopic (exact) mass is 363 g/mol. The summed E-state index contributed by atoms with van der Waals surface area (Å²) in [6, 6.07) is 8.77. The zero-order valence-corrected chi connectivity index (χ0v) is 15.9. The molecule has 1 saturated heterocycles. The Labute approximate surface area is 156 Å². The maximum absolute atomic E-state index is 6.54. The first kappa shape index (κ1) is 18.5. The van der Waals surface area contributed by atoms with Crippen LogP contribution in [0.5, 0.6) is 0 Å². The Morgan fingerprint density at radius 3 is 2.64 bits per heavy atom. The number of aliphatic imine (C=N–C) groups is 1. The highest BCUT2D eigenvalue weighted by molar-refractivity contribution is 6.31. The van der Waals surface area contributed by atoms with Crippen molar-refractivity contribution < 1.29 is 4.74 Å². The summed E-state index contributed by atoms with van der Waals surface area (Å²) >= 11 is 6.54. The van der Waals surface area contributed by atoms with Gasteiger partial charge in [-0.1, -0.05) is 42.6 Å². The molecule has 1 aliphatic carbocycles. The molecule has 0 unspecified atom stereocenters. The number of nitrogens with zero attached hydrogens (tertiary/aromatic N) is 1. The van der Waals surface area contributed by atoms with E-state index in [4.69, 9.17) is 21.3 Å². The molecule has 138 valence electrons. The van der Waals surface area contributed by atoms with Gasteiger partial charge in [0.25, 0.3) is 0 Å². The first-order valence-corrected chi connectivity index (χ1v) is 9.99. The van der Waals surface area contributed by atoms with Crippen molar-refractivity contribution in [2.45, 2.75) is 56.9 Å². The molecule has 0 aromatic heterocycles. The Bertz CT molecular complexity index is 578. The van der Waals surface area contributed by atoms with Crippen molar-refractivity contribution in [3.05, 3.63) is 34.9 Å². The summed E-state index contributed by atoms with van der Waals surface area (Å²) < 4.78 is 5.63. The Hall–Kier alpha value is -1.26. The number of hydrogen-bond donors (Lipinski definition) is 2. The van der Waals surface area contributed by atoms with Crippen LogP contribution in [-0.4, -0.2) is 38.3 Å². The summed E-state index contributed by atoms with van der Waals surface area (Å²) in [5.41, 5.74) is 1.18. The molecule has 2 aliphatic rings. The van der Waals surface area contributed by atoms with Gasteiger partial charge in [-0.25, -0.2) is 0 Å². The molecule has 1 aliphatic heterocycles. The number of ether oxygens (including phenoxy) is 1. The maximum atomic E-state index is 6.54. The highest BCUT2D eigenvalue weighted by Crippen LogP contribution is 2.38. The van der Waals surface area contributed by atoms with E-state index in [1.54, 1.807) is 0 Å². The second-order valence-corrected chi connectivity index (χ2v) is 7.60. The highest BCUT2D eigenvalue weighted by atomic mass is 35.5. The molecule has 1 saturated carbocycles. The minimum Gasteiger partial charge on any atom is -0.381 e. The van der Waals surface area contributed by atoms with Gasteiger partial charge in [-0.3, -0.25) is 4.99 Å². The molecule has 0 spiro atoms. The van der Waals surface area contributed by atoms with Crippen molar-refractivity contribution in [3.63, 3.8) is 0 Å². The topological polar surface area (TPSA) is 45.7 Å². The third-order valence-corrected chi connectivity index (χ3v) is 5.80. The van der Waals surface area contributed by atoms with E-state index in [1.807, 2.05) is 12.1 Å². The number of halogens is 1. The fourth-order valence-electron chi connectivity index (χ4n) is 3.98. The van der Waals surface area contributed by atoms with Crippen LogP contribution < -0.4 is 10.6 Å². The SMILES string of the molecule is CCNC(=NCC1(c2ccccc2Cl)CCOCC1)NC1CCCC1. The Balaban J connectivity index is 1.79. The summed E-state index contributed by atoms with van der Waals surface area (Å²) in [4.78, 5) is 4.97. The van der Waals surface area contributed by atoms with Gasteiger partial charge in [-0.2, -0.15) is 0 Å². The first-order chi connectivity index (χ1) is 12.2. The smallest absolute Gasteiger partial charge is 0.191 e. The number of hydrogen-bond acceptors (Lipinski definition) is 2. The van der Waals surface area contributed by atoms with Crippen LogP contribution in [0.25, 0.3) is 0 Å². The third kappa shape index (κ3) is 4.68. The molecule has 1 aromatic carbocycles. The van der Waals surface area contributed by atoms with Gasteiger partial charge in [0.15, 0.2) is 5.96 Å². The quantitative estimate of drug-likeness (QED) is 0.616. The number of nitrogens with one attached hydrogen (secondary N) is 2. The summed E-state index contributed by atoms with van der Waals surface area (Å²) in [6.45, 7) is 5.27. The van der Waals surface area contributed by atoms with Crippen LogP contribution in [0.3, 0.4) is 0 Å². The predicted molar refractivity (Wildman–Crippen MR) is 105 cm³/mol. The van der Waals surface area contributed by atoms with Gasteiger partial charge >= 0.3 is 0 Å². The fraction of sp³-hybridized carbons (Fsp3) is 0.650. The molecular weight excluding hydrogens is 334 g/mol. The van der Waals surface area contributed by atoms with E-state index in [-0.39, 0.29) is 5.41 Å². The van der Waals surface area contributed by atoms with Crippen molar-refractivity contribution in [3.8, 4) is 0 Å². The molecule has 2 fully saturated rings. The van der Waals surface area contributed by atoms with Crippen LogP contribution in [-0.2, 0) is 10.2 Å². The van der Waals surface area contributed by atoms with Crippen LogP contribution in [0.1, 0.15) is 51.0 Å². The standard InChI is InChI=1S/C20H30ClN3O/c1-2-22-19(24-16-7-3-4-8-16)23-15-20(11-13-25-14-12-20)17-9-5-6-10-18(17)21/h5-6,9-10,16H,2-4,7-8,11-15H2,1H3,(H2,22,23,24). The summed E-state index contributed by atoms with van der Waals surface area (Å²) in [5, 5.41) is 7.86. The summed E-state index contributed by atoms with van der Waals surface area (Å²) in [6.07, 6.45) is 7.05. The molecule has 4 nitrogen and oxygen atoms in total. The van der Waals surface area contributed by atoms with Gasteiger partial charge < -0.3 is 15.4 Å². The molecule has 3 rings (SSSR count). The molecule has 25 heavy (non-hydrogen) atoms. The summed E-state index contributed by atoms with van der Waals surface area (Å²) in [5.74, 6) is 0.937. The Kier molecular flexibility index (Phi) is 6.60. The van der Waals surface area contributed by atoms with E-state index < -0.39 is 0 Å². The van der Waals surface area contributed by atoms with E-state index in [2.05, 4.69) is 29.7 Å². The van der Waals surface area contributed by atoms with E-state index in [0.29, 0.717) is 6.04 Å². The van der Waals surface area contributed by atoms with E-state index >= 15 is 0 Å². The molecule has 0 bridgehead atoms. The lowest BCUT2D eigenvalue weighted by Crippen LogP contribution is -2.44. The predicted octanol–water partition coefficient (Wildman–Crippen LogP) is 3.89. The number of rotatable bonds is 5. The van der Waals surface area contributed by atoms with Crippen LogP contribution in [0.4, 0.5) is 0 Å². The van der Waals surface area contributed by atoms with Gasteiger partial charge in [-0.05, 0) is 44.2 Å². The third-order valence-electron chi connectivity index (χ3n) is 5.48. The van der Waals surface area contributed by atoms with Gasteiger partial charge in [0.1, 0.15) is 0 Å². The largest absolute Gasteiger partial charge is 0.381 e. The average molecular weight is 364 g/mol. The van der Waals surface area contributed by atoms with Gasteiger partial charge in [0.2, 0.25) is 0 Å².